The molecule has 0 saturated carbocycles. The number of pyridine rings is 1. The van der Waals surface area contributed by atoms with E-state index >= 15 is 0 Å². The molecule has 0 N–H and O–H groups in total. The van der Waals surface area contributed by atoms with E-state index in [1.165, 1.54) is 6.07 Å². The second-order valence-corrected chi connectivity index (χ2v) is 13.4. The van der Waals surface area contributed by atoms with Gasteiger partial charge in [-0.25, -0.2) is 22.8 Å². The van der Waals surface area contributed by atoms with Crippen molar-refractivity contribution in [3.8, 4) is 0 Å². The van der Waals surface area contributed by atoms with Gasteiger partial charge in [0, 0.05) is 49.2 Å². The van der Waals surface area contributed by atoms with E-state index in [0.29, 0.717) is 42.1 Å². The van der Waals surface area contributed by atoms with Gasteiger partial charge in [-0.2, -0.15) is 0 Å². The molecule has 4 aromatic rings. The number of carbonyl (C=O) groups is 2. The maximum atomic E-state index is 13.5. The molecule has 0 spiro atoms. The van der Waals surface area contributed by atoms with Crippen LogP contribution in [0.1, 0.15) is 32.9 Å². The zero-order valence-corrected chi connectivity index (χ0v) is 24.5. The zero-order chi connectivity index (χ0) is 28.8. The Hall–Kier alpha value is -3.57. The predicted octanol–water partition coefficient (Wildman–Crippen LogP) is 4.55. The summed E-state index contributed by atoms with van der Waals surface area (Å²) in [5.74, 6) is 0.317. The van der Waals surface area contributed by atoms with Gasteiger partial charge >= 0.3 is 6.09 Å². The first-order valence-electron chi connectivity index (χ1n) is 13.1. The number of anilines is 1. The fourth-order valence-electron chi connectivity index (χ4n) is 4.93. The normalized spacial score (nSPS) is 14.7. The molecular formula is C28H32ClN5O5S. The van der Waals surface area contributed by atoms with Crippen LogP contribution in [0, 0.1) is 6.92 Å². The molecule has 3 aromatic heterocycles. The van der Waals surface area contributed by atoms with Crippen molar-refractivity contribution >= 4 is 55.8 Å². The molecule has 4 heterocycles. The Balaban J connectivity index is 1.29. The molecule has 0 aliphatic carbocycles. The van der Waals surface area contributed by atoms with Gasteiger partial charge in [0.2, 0.25) is 5.91 Å². The number of nitrogens with zero attached hydrogens (tertiary/aromatic N) is 5. The van der Waals surface area contributed by atoms with Gasteiger partial charge in [-0.15, -0.1) is 0 Å². The number of sulfone groups is 1. The lowest BCUT2D eigenvalue weighted by Crippen LogP contribution is -2.49. The van der Waals surface area contributed by atoms with E-state index in [1.807, 2.05) is 35.7 Å². The number of rotatable bonds is 5. The summed E-state index contributed by atoms with van der Waals surface area (Å²) in [6.45, 7) is 9.23. The predicted molar refractivity (Wildman–Crippen MR) is 154 cm³/mol. The number of aromatic nitrogens is 3. The van der Waals surface area contributed by atoms with Crippen molar-refractivity contribution in [1.29, 1.82) is 0 Å². The maximum absolute atomic E-state index is 13.5. The number of carbonyl (C=O) groups excluding carboxylic acids is 2. The molecule has 0 radical (unpaired) electrons. The van der Waals surface area contributed by atoms with E-state index in [2.05, 4.69) is 9.88 Å². The molecule has 1 amide bonds. The third-order valence-corrected chi connectivity index (χ3v) is 8.67. The first kappa shape index (κ1) is 28.0. The van der Waals surface area contributed by atoms with Gasteiger partial charge in [0.25, 0.3) is 0 Å². The molecule has 40 heavy (non-hydrogen) atoms. The summed E-state index contributed by atoms with van der Waals surface area (Å²) in [7, 11) is -4.02. The summed E-state index contributed by atoms with van der Waals surface area (Å²) in [6, 6.07) is 12.1. The average Bonchev–Trinajstić information content (AvgIpc) is 3.46. The summed E-state index contributed by atoms with van der Waals surface area (Å²) >= 11 is 6.12. The zero-order valence-electron chi connectivity index (χ0n) is 22.9. The average molecular weight is 586 g/mol. The summed E-state index contributed by atoms with van der Waals surface area (Å²) < 4.78 is 35.5. The van der Waals surface area contributed by atoms with Crippen molar-refractivity contribution in [3.05, 3.63) is 59.4 Å². The van der Waals surface area contributed by atoms with Crippen LogP contribution in [-0.4, -0.2) is 76.8 Å². The largest absolute Gasteiger partial charge is 0.443 e. The highest BCUT2D eigenvalue weighted by atomic mass is 35.5. The molecule has 212 valence electrons. The Bertz CT molecular complexity index is 1710. The van der Waals surface area contributed by atoms with Crippen molar-refractivity contribution < 1.29 is 22.7 Å². The Labute approximate surface area is 238 Å². The van der Waals surface area contributed by atoms with E-state index in [0.717, 1.165) is 21.7 Å². The number of fused-ring (bicyclic) bond motifs is 2. The summed E-state index contributed by atoms with van der Waals surface area (Å²) in [5, 5.41) is 0.675. The molecule has 0 unspecified atom stereocenters. The van der Waals surface area contributed by atoms with Crippen LogP contribution in [-0.2, 0) is 19.4 Å². The standard InChI is InChI=1S/C28H32ClN5O5S/c1-19-18-33-23(30-19)6-5-7-24(33)31-11-13-32(14-12-31)25(35)10-15-40(37,38)26-17-20-16-21(29)8-9-22(20)34(26)27(36)39-28(2,3)4/h5-9,16-18H,10-15H2,1-4H3. The molecule has 0 atom stereocenters. The first-order valence-corrected chi connectivity index (χ1v) is 15.1. The Morgan fingerprint density at radius 2 is 1.77 bits per heavy atom. The van der Waals surface area contributed by atoms with Gasteiger partial charge in [-0.1, -0.05) is 17.7 Å². The van der Waals surface area contributed by atoms with Crippen LogP contribution in [0.15, 0.2) is 53.7 Å². The third kappa shape index (κ3) is 5.66. The molecule has 1 aromatic carbocycles. The van der Waals surface area contributed by atoms with Crippen molar-refractivity contribution in [2.24, 2.45) is 0 Å². The van der Waals surface area contributed by atoms with E-state index < -0.39 is 27.3 Å². The summed E-state index contributed by atoms with van der Waals surface area (Å²) in [5.41, 5.74) is 1.32. The second kappa shape index (κ2) is 10.4. The van der Waals surface area contributed by atoms with Crippen LogP contribution in [0.4, 0.5) is 10.6 Å². The van der Waals surface area contributed by atoms with Crippen LogP contribution in [0.25, 0.3) is 16.6 Å². The number of amides is 1. The minimum Gasteiger partial charge on any atom is -0.443 e. The van der Waals surface area contributed by atoms with Gasteiger partial charge in [0.05, 0.1) is 17.0 Å². The van der Waals surface area contributed by atoms with Crippen LogP contribution >= 0.6 is 11.6 Å². The number of benzene rings is 1. The quantitative estimate of drug-likeness (QED) is 0.338. The lowest BCUT2D eigenvalue weighted by molar-refractivity contribution is -0.131. The monoisotopic (exact) mass is 585 g/mol. The minimum absolute atomic E-state index is 0.199. The number of aryl methyl sites for hydroxylation is 1. The molecule has 10 nitrogen and oxygen atoms in total. The smallest absolute Gasteiger partial charge is 0.420 e. The van der Waals surface area contributed by atoms with Gasteiger partial charge in [-0.3, -0.25) is 9.20 Å². The number of imidazole rings is 1. The summed E-state index contributed by atoms with van der Waals surface area (Å²) in [4.78, 5) is 34.5. The van der Waals surface area contributed by atoms with Gasteiger partial charge in [0.15, 0.2) is 9.84 Å². The van der Waals surface area contributed by atoms with E-state index in [1.54, 1.807) is 43.9 Å². The highest BCUT2D eigenvalue weighted by molar-refractivity contribution is 7.91. The lowest BCUT2D eigenvalue weighted by Gasteiger charge is -2.36. The Morgan fingerprint density at radius 1 is 1.05 bits per heavy atom. The molecule has 1 aliphatic heterocycles. The third-order valence-electron chi connectivity index (χ3n) is 6.76. The number of ether oxygens (including phenoxy) is 1. The van der Waals surface area contributed by atoms with E-state index in [4.69, 9.17) is 16.3 Å². The Kier molecular flexibility index (Phi) is 7.30. The highest BCUT2D eigenvalue weighted by Crippen LogP contribution is 2.28. The fraction of sp³-hybridized carbons (Fsp3) is 0.393. The maximum Gasteiger partial charge on any atom is 0.420 e. The summed E-state index contributed by atoms with van der Waals surface area (Å²) in [6.07, 6.45) is 0.973. The van der Waals surface area contributed by atoms with E-state index in [9.17, 15) is 18.0 Å². The Morgan fingerprint density at radius 3 is 2.48 bits per heavy atom. The number of hydrogen-bond donors (Lipinski definition) is 0. The van der Waals surface area contributed by atoms with Crippen LogP contribution in [0.5, 0.6) is 0 Å². The van der Waals surface area contributed by atoms with Crippen LogP contribution in [0.2, 0.25) is 5.02 Å². The van der Waals surface area contributed by atoms with Gasteiger partial charge in [0.1, 0.15) is 22.1 Å². The molecular weight excluding hydrogens is 554 g/mol. The van der Waals surface area contributed by atoms with Crippen molar-refractivity contribution in [2.75, 3.05) is 36.8 Å². The molecule has 1 aliphatic rings. The molecule has 1 fully saturated rings. The number of piperazine rings is 1. The molecule has 12 heteroatoms. The lowest BCUT2D eigenvalue weighted by atomic mass is 10.2. The first-order chi connectivity index (χ1) is 18.8. The molecule has 5 rings (SSSR count). The highest BCUT2D eigenvalue weighted by Gasteiger charge is 2.30. The van der Waals surface area contributed by atoms with Crippen molar-refractivity contribution in [2.45, 2.75) is 44.7 Å². The van der Waals surface area contributed by atoms with Crippen molar-refractivity contribution in [3.63, 3.8) is 0 Å². The molecule has 0 bridgehead atoms. The number of halogens is 1. The van der Waals surface area contributed by atoms with Crippen LogP contribution < -0.4 is 4.90 Å². The topological polar surface area (TPSA) is 106 Å². The van der Waals surface area contributed by atoms with Crippen molar-refractivity contribution in [1.82, 2.24) is 18.9 Å². The van der Waals surface area contributed by atoms with E-state index in [-0.39, 0.29) is 17.4 Å². The minimum atomic E-state index is -4.02. The van der Waals surface area contributed by atoms with Gasteiger partial charge in [-0.05, 0) is 64.1 Å². The number of hydrogen-bond acceptors (Lipinski definition) is 7. The fourth-order valence-corrected chi connectivity index (χ4v) is 6.52. The van der Waals surface area contributed by atoms with Gasteiger partial charge < -0.3 is 14.5 Å². The molecule has 1 saturated heterocycles. The SMILES string of the molecule is Cc1cn2c(N3CCN(C(=O)CCS(=O)(=O)c4cc5cc(Cl)ccc5n4C(=O)OC(C)(C)C)CC3)cccc2n1. The van der Waals surface area contributed by atoms with Crippen LogP contribution in [0.3, 0.4) is 0 Å². The second-order valence-electron chi connectivity index (χ2n) is 10.9.